The Morgan fingerprint density at radius 3 is 2.87 bits per heavy atom. The van der Waals surface area contributed by atoms with Crippen molar-refractivity contribution in [3.8, 4) is 0 Å². The highest BCUT2D eigenvalue weighted by Crippen LogP contribution is 2.32. The molecule has 2 aromatic rings. The molecule has 1 saturated carbocycles. The molecule has 1 atom stereocenters. The molecule has 2 amide bonds. The van der Waals surface area contributed by atoms with Gasteiger partial charge in [0.2, 0.25) is 16.6 Å². The molecule has 2 fully saturated rings. The van der Waals surface area contributed by atoms with E-state index in [0.717, 1.165) is 27.9 Å². The van der Waals surface area contributed by atoms with Crippen LogP contribution in [0.1, 0.15) is 19.3 Å². The van der Waals surface area contributed by atoms with Gasteiger partial charge >= 0.3 is 0 Å². The first kappa shape index (κ1) is 14.4. The van der Waals surface area contributed by atoms with E-state index in [1.807, 2.05) is 40.8 Å². The minimum atomic E-state index is -0.286. The van der Waals surface area contributed by atoms with Crippen LogP contribution < -0.4 is 10.2 Å². The number of benzene rings is 1. The second-order valence-electron chi connectivity index (χ2n) is 6.18. The van der Waals surface area contributed by atoms with Crippen LogP contribution in [0.15, 0.2) is 29.4 Å². The number of thiazole rings is 1. The van der Waals surface area contributed by atoms with Gasteiger partial charge in [-0.1, -0.05) is 23.5 Å². The van der Waals surface area contributed by atoms with Crippen molar-refractivity contribution in [3.63, 3.8) is 0 Å². The third-order valence-electron chi connectivity index (χ3n) is 4.49. The lowest BCUT2D eigenvalue weighted by Crippen LogP contribution is -2.32. The minimum Gasteiger partial charge on any atom is -0.339 e. The number of aromatic nitrogens is 1. The van der Waals surface area contributed by atoms with Crippen LogP contribution in [0.3, 0.4) is 0 Å². The number of aryl methyl sites for hydroxylation is 1. The average molecular weight is 330 g/mol. The highest BCUT2D eigenvalue weighted by molar-refractivity contribution is 7.16. The number of carbonyl (C=O) groups excluding carboxylic acids is 2. The average Bonchev–Trinajstić information content (AvgIpc) is 3.25. The fourth-order valence-corrected chi connectivity index (χ4v) is 4.01. The van der Waals surface area contributed by atoms with Gasteiger partial charge in [-0.2, -0.15) is 0 Å². The molecule has 1 aliphatic carbocycles. The summed E-state index contributed by atoms with van der Waals surface area (Å²) >= 11 is 1.53. The number of rotatable bonds is 3. The summed E-state index contributed by atoms with van der Waals surface area (Å²) < 4.78 is 3.08. The molecule has 120 valence electrons. The first-order chi connectivity index (χ1) is 11.1. The van der Waals surface area contributed by atoms with Crippen LogP contribution in [-0.4, -0.2) is 33.9 Å². The Hall–Kier alpha value is -2.15. The summed E-state index contributed by atoms with van der Waals surface area (Å²) in [4.78, 5) is 26.8. The normalized spacial score (nSPS) is 22.1. The molecule has 1 aromatic heterocycles. The largest absolute Gasteiger partial charge is 0.339 e. The third kappa shape index (κ3) is 2.65. The van der Waals surface area contributed by atoms with Crippen LogP contribution in [0, 0.1) is 5.92 Å². The molecule has 1 aliphatic heterocycles. The lowest BCUT2D eigenvalue weighted by Gasteiger charge is -2.14. The summed E-state index contributed by atoms with van der Waals surface area (Å²) in [6, 6.07) is 8.39. The fourth-order valence-electron chi connectivity index (χ4n) is 3.03. The van der Waals surface area contributed by atoms with Crippen molar-refractivity contribution in [2.45, 2.75) is 25.3 Å². The highest BCUT2D eigenvalue weighted by Gasteiger charge is 2.41. The maximum atomic E-state index is 12.3. The molecular formula is C16H18N4O2S. The van der Waals surface area contributed by atoms with Crippen LogP contribution >= 0.6 is 11.3 Å². The number of para-hydroxylation sites is 1. The zero-order valence-corrected chi connectivity index (χ0v) is 13.7. The lowest BCUT2D eigenvalue weighted by atomic mass is 10.1. The molecule has 7 heteroatoms. The van der Waals surface area contributed by atoms with Crippen molar-refractivity contribution in [2.24, 2.45) is 18.1 Å². The third-order valence-corrected chi connectivity index (χ3v) is 5.61. The zero-order chi connectivity index (χ0) is 16.0. The Morgan fingerprint density at radius 1 is 1.35 bits per heavy atom. The molecule has 4 rings (SSSR count). The summed E-state index contributed by atoms with van der Waals surface area (Å²) in [6.07, 6.45) is 2.44. The summed E-state index contributed by atoms with van der Waals surface area (Å²) in [5.74, 6) is -0.356. The molecule has 0 radical (unpaired) electrons. The summed E-state index contributed by atoms with van der Waals surface area (Å²) in [6.45, 7) is 0.531. The number of likely N-dealkylation sites (tertiary alicyclic amines) is 1. The molecular weight excluding hydrogens is 312 g/mol. The van der Waals surface area contributed by atoms with Gasteiger partial charge in [0.15, 0.2) is 0 Å². The van der Waals surface area contributed by atoms with Crippen molar-refractivity contribution in [3.05, 3.63) is 29.1 Å². The Bertz CT molecular complexity index is 849. The zero-order valence-electron chi connectivity index (χ0n) is 12.9. The Morgan fingerprint density at radius 2 is 2.13 bits per heavy atom. The molecule has 1 N–H and O–H groups in total. The molecule has 0 unspecified atom stereocenters. The minimum absolute atomic E-state index is 0.0973. The standard InChI is InChI=1S/C16H18N4O2S/c1-19-12-4-2-3-5-13(12)23-16(19)18-17-15(22)10-8-14(21)20(9-10)11-6-7-11/h2-5,10-11H,6-9H2,1H3,(H,17,22)/t10-/m1/s1. The van der Waals surface area contributed by atoms with E-state index in [-0.39, 0.29) is 17.7 Å². The summed E-state index contributed by atoms with van der Waals surface area (Å²) in [7, 11) is 1.93. The molecule has 2 heterocycles. The smallest absolute Gasteiger partial charge is 0.245 e. The van der Waals surface area contributed by atoms with E-state index in [0.29, 0.717) is 19.0 Å². The SMILES string of the molecule is Cn1c(=NNC(=O)[C@@H]2CC(=O)N(C3CC3)C2)sc2ccccc21. The van der Waals surface area contributed by atoms with Gasteiger partial charge in [0.05, 0.1) is 16.1 Å². The number of nitrogens with one attached hydrogen (secondary N) is 1. The molecule has 0 spiro atoms. The number of amides is 2. The van der Waals surface area contributed by atoms with Gasteiger partial charge in [-0.15, -0.1) is 5.10 Å². The number of carbonyl (C=O) groups is 2. The number of fused-ring (bicyclic) bond motifs is 1. The molecule has 1 saturated heterocycles. The summed E-state index contributed by atoms with van der Waals surface area (Å²) in [5, 5.41) is 4.25. The molecule has 6 nitrogen and oxygen atoms in total. The molecule has 0 bridgehead atoms. The van der Waals surface area contributed by atoms with Crippen molar-refractivity contribution in [2.75, 3.05) is 6.54 Å². The second kappa shape index (κ2) is 5.49. The van der Waals surface area contributed by atoms with Gasteiger partial charge in [0, 0.05) is 26.1 Å². The number of nitrogens with zero attached hydrogens (tertiary/aromatic N) is 3. The first-order valence-electron chi connectivity index (χ1n) is 7.81. The summed E-state index contributed by atoms with van der Waals surface area (Å²) in [5.41, 5.74) is 3.72. The topological polar surface area (TPSA) is 66.7 Å². The van der Waals surface area contributed by atoms with Gasteiger partial charge in [-0.05, 0) is 25.0 Å². The van der Waals surface area contributed by atoms with E-state index in [4.69, 9.17) is 0 Å². The quantitative estimate of drug-likeness (QED) is 0.859. The van der Waals surface area contributed by atoms with E-state index in [2.05, 4.69) is 10.5 Å². The predicted molar refractivity (Wildman–Crippen MR) is 87.3 cm³/mol. The van der Waals surface area contributed by atoms with E-state index in [1.165, 1.54) is 11.3 Å². The van der Waals surface area contributed by atoms with Crippen LogP contribution in [0.2, 0.25) is 0 Å². The van der Waals surface area contributed by atoms with E-state index < -0.39 is 0 Å². The maximum absolute atomic E-state index is 12.3. The van der Waals surface area contributed by atoms with Crippen molar-refractivity contribution in [1.82, 2.24) is 14.9 Å². The first-order valence-corrected chi connectivity index (χ1v) is 8.63. The van der Waals surface area contributed by atoms with Crippen molar-refractivity contribution in [1.29, 1.82) is 0 Å². The van der Waals surface area contributed by atoms with Gasteiger partial charge in [-0.25, -0.2) is 5.43 Å². The van der Waals surface area contributed by atoms with Crippen LogP contribution in [-0.2, 0) is 16.6 Å². The van der Waals surface area contributed by atoms with Crippen LogP contribution in [0.4, 0.5) is 0 Å². The lowest BCUT2D eigenvalue weighted by molar-refractivity contribution is -0.129. The van der Waals surface area contributed by atoms with E-state index in [9.17, 15) is 9.59 Å². The Balaban J connectivity index is 1.50. The molecule has 1 aromatic carbocycles. The highest BCUT2D eigenvalue weighted by atomic mass is 32.1. The Labute approximate surface area is 137 Å². The predicted octanol–water partition coefficient (Wildman–Crippen LogP) is 1.18. The van der Waals surface area contributed by atoms with E-state index >= 15 is 0 Å². The van der Waals surface area contributed by atoms with E-state index in [1.54, 1.807) is 0 Å². The van der Waals surface area contributed by atoms with Crippen LogP contribution in [0.25, 0.3) is 10.2 Å². The molecule has 2 aliphatic rings. The van der Waals surface area contributed by atoms with Gasteiger partial charge in [-0.3, -0.25) is 9.59 Å². The Kier molecular flexibility index (Phi) is 3.45. The van der Waals surface area contributed by atoms with Crippen molar-refractivity contribution >= 4 is 33.4 Å². The van der Waals surface area contributed by atoms with Crippen LogP contribution in [0.5, 0.6) is 0 Å². The second-order valence-corrected chi connectivity index (χ2v) is 7.19. The van der Waals surface area contributed by atoms with Crippen molar-refractivity contribution < 1.29 is 9.59 Å². The fraction of sp³-hybridized carbons (Fsp3) is 0.438. The van der Waals surface area contributed by atoms with Gasteiger partial charge in [0.1, 0.15) is 0 Å². The van der Waals surface area contributed by atoms with Gasteiger partial charge < -0.3 is 9.47 Å². The maximum Gasteiger partial charge on any atom is 0.245 e. The monoisotopic (exact) mass is 330 g/mol. The number of hydrogen-bond donors (Lipinski definition) is 1. The number of hydrogen-bond acceptors (Lipinski definition) is 4. The van der Waals surface area contributed by atoms with Gasteiger partial charge in [0.25, 0.3) is 0 Å². The molecule has 23 heavy (non-hydrogen) atoms.